The molecule has 0 radical (unpaired) electrons. The maximum absolute atomic E-state index is 11.4. The van der Waals surface area contributed by atoms with Gasteiger partial charge >= 0.3 is 5.97 Å². The van der Waals surface area contributed by atoms with Crippen LogP contribution in [0.1, 0.15) is 11.7 Å². The highest BCUT2D eigenvalue weighted by Gasteiger charge is 2.21. The van der Waals surface area contributed by atoms with Crippen molar-refractivity contribution in [2.45, 2.75) is 6.10 Å². The van der Waals surface area contributed by atoms with Gasteiger partial charge in [-0.2, -0.15) is 0 Å². The number of methoxy groups -OCH3 is 1. The molecular formula is C11H13ClO3. The van der Waals surface area contributed by atoms with Crippen molar-refractivity contribution >= 4 is 17.6 Å². The molecule has 3 nitrogen and oxygen atoms in total. The summed E-state index contributed by atoms with van der Waals surface area (Å²) in [5, 5.41) is 0. The fourth-order valence-electron chi connectivity index (χ4n) is 1.20. The Balaban J connectivity index is 2.76. The molecule has 82 valence electrons. The van der Waals surface area contributed by atoms with Gasteiger partial charge in [-0.1, -0.05) is 30.3 Å². The minimum Gasteiger partial charge on any atom is -0.467 e. The topological polar surface area (TPSA) is 35.5 Å². The molecule has 0 saturated heterocycles. The predicted molar refractivity (Wildman–Crippen MR) is 57.9 cm³/mol. The lowest BCUT2D eigenvalue weighted by Crippen LogP contribution is -2.18. The van der Waals surface area contributed by atoms with E-state index in [9.17, 15) is 4.79 Å². The molecule has 1 aromatic carbocycles. The molecule has 1 unspecified atom stereocenters. The molecule has 0 bridgehead atoms. The van der Waals surface area contributed by atoms with E-state index in [1.54, 1.807) is 0 Å². The third kappa shape index (κ3) is 3.53. The number of hydrogen-bond donors (Lipinski definition) is 0. The lowest BCUT2D eigenvalue weighted by atomic mass is 10.1. The smallest absolute Gasteiger partial charge is 0.339 e. The Morgan fingerprint density at radius 3 is 2.60 bits per heavy atom. The molecule has 0 N–H and O–H groups in total. The van der Waals surface area contributed by atoms with Crippen LogP contribution in [0.3, 0.4) is 0 Å². The summed E-state index contributed by atoms with van der Waals surface area (Å²) in [5.41, 5.74) is 0.773. The van der Waals surface area contributed by atoms with Gasteiger partial charge in [0.15, 0.2) is 6.10 Å². The Morgan fingerprint density at radius 2 is 2.07 bits per heavy atom. The van der Waals surface area contributed by atoms with Crippen molar-refractivity contribution in [1.82, 2.24) is 0 Å². The van der Waals surface area contributed by atoms with Gasteiger partial charge in [0.1, 0.15) is 0 Å². The molecule has 0 aliphatic rings. The van der Waals surface area contributed by atoms with Gasteiger partial charge < -0.3 is 9.47 Å². The Labute approximate surface area is 93.9 Å². The second-order valence-corrected chi connectivity index (χ2v) is 3.25. The first kappa shape index (κ1) is 12.0. The van der Waals surface area contributed by atoms with Gasteiger partial charge in [-0.05, 0) is 5.56 Å². The van der Waals surface area contributed by atoms with Crippen molar-refractivity contribution in [3.05, 3.63) is 35.9 Å². The minimum absolute atomic E-state index is 0.316. The summed E-state index contributed by atoms with van der Waals surface area (Å²) in [7, 11) is 1.34. The SMILES string of the molecule is COC(=O)C(OCCCl)c1ccccc1. The quantitative estimate of drug-likeness (QED) is 0.572. The fraction of sp³-hybridized carbons (Fsp3) is 0.364. The van der Waals surface area contributed by atoms with Gasteiger partial charge in [-0.3, -0.25) is 0 Å². The van der Waals surface area contributed by atoms with Gasteiger partial charge in [-0.25, -0.2) is 4.79 Å². The van der Waals surface area contributed by atoms with Gasteiger partial charge in [0.05, 0.1) is 13.7 Å². The van der Waals surface area contributed by atoms with E-state index in [1.807, 2.05) is 30.3 Å². The number of benzene rings is 1. The highest BCUT2D eigenvalue weighted by molar-refractivity contribution is 6.17. The van der Waals surface area contributed by atoms with Crippen molar-refractivity contribution < 1.29 is 14.3 Å². The van der Waals surface area contributed by atoms with Crippen molar-refractivity contribution in [3.63, 3.8) is 0 Å². The van der Waals surface area contributed by atoms with Gasteiger partial charge in [-0.15, -0.1) is 11.6 Å². The van der Waals surface area contributed by atoms with E-state index in [0.717, 1.165) is 5.56 Å². The zero-order chi connectivity index (χ0) is 11.1. The molecule has 0 aromatic heterocycles. The first-order valence-electron chi connectivity index (χ1n) is 4.60. The van der Waals surface area contributed by atoms with Crippen LogP contribution in [0.15, 0.2) is 30.3 Å². The Kier molecular flexibility index (Phi) is 5.15. The molecule has 0 saturated carbocycles. The number of esters is 1. The van der Waals surface area contributed by atoms with E-state index in [-0.39, 0.29) is 0 Å². The van der Waals surface area contributed by atoms with Gasteiger partial charge in [0, 0.05) is 5.88 Å². The average Bonchev–Trinajstić information content (AvgIpc) is 2.30. The van der Waals surface area contributed by atoms with Crippen LogP contribution in [0.4, 0.5) is 0 Å². The summed E-state index contributed by atoms with van der Waals surface area (Å²) in [6.45, 7) is 0.316. The molecule has 1 rings (SSSR count). The summed E-state index contributed by atoms with van der Waals surface area (Å²) in [6, 6.07) is 9.19. The van der Waals surface area contributed by atoms with Crippen LogP contribution in [-0.2, 0) is 14.3 Å². The summed E-state index contributed by atoms with van der Waals surface area (Å²) in [5.74, 6) is -0.0633. The number of ether oxygens (including phenoxy) is 2. The third-order valence-electron chi connectivity index (χ3n) is 1.88. The van der Waals surface area contributed by atoms with Crippen molar-refractivity contribution in [2.75, 3.05) is 19.6 Å². The van der Waals surface area contributed by atoms with Crippen LogP contribution in [0.2, 0.25) is 0 Å². The second-order valence-electron chi connectivity index (χ2n) is 2.87. The van der Waals surface area contributed by atoms with E-state index in [1.165, 1.54) is 7.11 Å². The molecule has 0 amide bonds. The average molecular weight is 229 g/mol. The number of hydrogen-bond acceptors (Lipinski definition) is 3. The molecule has 0 aliphatic heterocycles. The van der Waals surface area contributed by atoms with Crippen LogP contribution in [0.5, 0.6) is 0 Å². The summed E-state index contributed by atoms with van der Waals surface area (Å²) >= 11 is 5.50. The van der Waals surface area contributed by atoms with Crippen molar-refractivity contribution in [1.29, 1.82) is 0 Å². The van der Waals surface area contributed by atoms with Crippen molar-refractivity contribution in [2.24, 2.45) is 0 Å². The van der Waals surface area contributed by atoms with E-state index < -0.39 is 12.1 Å². The number of alkyl halides is 1. The molecule has 0 aliphatic carbocycles. The summed E-state index contributed by atoms with van der Waals surface area (Å²) in [6.07, 6.45) is -0.685. The van der Waals surface area contributed by atoms with E-state index in [4.69, 9.17) is 16.3 Å². The monoisotopic (exact) mass is 228 g/mol. The van der Waals surface area contributed by atoms with Crippen LogP contribution in [0, 0.1) is 0 Å². The molecule has 15 heavy (non-hydrogen) atoms. The van der Waals surface area contributed by atoms with E-state index in [0.29, 0.717) is 12.5 Å². The Hall–Kier alpha value is -1.06. The third-order valence-corrected chi connectivity index (χ3v) is 2.03. The number of halogens is 1. The number of carbonyl (C=O) groups is 1. The van der Waals surface area contributed by atoms with Crippen LogP contribution in [0.25, 0.3) is 0 Å². The highest BCUT2D eigenvalue weighted by Crippen LogP contribution is 2.18. The lowest BCUT2D eigenvalue weighted by molar-refractivity contribution is -0.154. The zero-order valence-electron chi connectivity index (χ0n) is 8.48. The molecule has 1 atom stereocenters. The first-order chi connectivity index (χ1) is 7.29. The Morgan fingerprint density at radius 1 is 1.40 bits per heavy atom. The van der Waals surface area contributed by atoms with E-state index in [2.05, 4.69) is 4.74 Å². The van der Waals surface area contributed by atoms with Gasteiger partial charge in [0.25, 0.3) is 0 Å². The molecular weight excluding hydrogens is 216 g/mol. The maximum Gasteiger partial charge on any atom is 0.339 e. The molecule has 0 spiro atoms. The van der Waals surface area contributed by atoms with Crippen LogP contribution < -0.4 is 0 Å². The molecule has 1 aromatic rings. The Bertz CT molecular complexity index is 300. The largest absolute Gasteiger partial charge is 0.467 e. The molecule has 4 heteroatoms. The van der Waals surface area contributed by atoms with Crippen molar-refractivity contribution in [3.8, 4) is 0 Å². The fourth-order valence-corrected chi connectivity index (χ4v) is 1.29. The van der Waals surface area contributed by atoms with Crippen LogP contribution in [-0.4, -0.2) is 25.6 Å². The summed E-state index contributed by atoms with van der Waals surface area (Å²) < 4.78 is 9.98. The van der Waals surface area contributed by atoms with Crippen LogP contribution >= 0.6 is 11.6 Å². The number of rotatable bonds is 5. The van der Waals surface area contributed by atoms with Gasteiger partial charge in [0.2, 0.25) is 0 Å². The predicted octanol–water partition coefficient (Wildman–Crippen LogP) is 2.16. The zero-order valence-corrected chi connectivity index (χ0v) is 9.24. The minimum atomic E-state index is -0.685. The standard InChI is InChI=1S/C11H13ClO3/c1-14-11(13)10(15-8-7-12)9-5-3-2-4-6-9/h2-6,10H,7-8H2,1H3. The lowest BCUT2D eigenvalue weighted by Gasteiger charge is -2.14. The summed E-state index contributed by atoms with van der Waals surface area (Å²) in [4.78, 5) is 11.4. The first-order valence-corrected chi connectivity index (χ1v) is 5.13. The number of carbonyl (C=O) groups excluding carboxylic acids is 1. The highest BCUT2D eigenvalue weighted by atomic mass is 35.5. The molecule has 0 heterocycles. The molecule has 0 fully saturated rings. The van der Waals surface area contributed by atoms with E-state index >= 15 is 0 Å². The normalized spacial score (nSPS) is 12.1. The maximum atomic E-state index is 11.4. The second kappa shape index (κ2) is 6.43.